The number of rotatable bonds is 3. The molecule has 17 heavy (non-hydrogen) atoms. The fourth-order valence-electron chi connectivity index (χ4n) is 1.49. The number of amides is 1. The molecule has 1 aromatic heterocycles. The first-order valence-electron chi connectivity index (χ1n) is 4.93. The number of aromatic nitrogens is 1. The summed E-state index contributed by atoms with van der Waals surface area (Å²) in [6.45, 7) is 0.357. The van der Waals surface area contributed by atoms with Gasteiger partial charge in [-0.1, -0.05) is 0 Å². The summed E-state index contributed by atoms with van der Waals surface area (Å²) in [5.74, 6) is 0.601. The summed E-state index contributed by atoms with van der Waals surface area (Å²) in [5, 5.41) is 5.79. The standard InChI is InChI=1S/C10H12N4O2.ClH/c1-16-6-8-10(15)14-13-9(12-8)7-2-4-11-5-3-7;/h2-5,8H,6H2,1H3,(H,12,13)(H,14,15);1H. The number of carbonyl (C=O) groups is 1. The van der Waals surface area contributed by atoms with Crippen LogP contribution < -0.4 is 23.1 Å². The number of ether oxygens (including phenoxy) is 1. The Kier molecular flexibility index (Phi) is 5.02. The third-order valence-electron chi connectivity index (χ3n) is 2.30. The normalized spacial score (nSPS) is 19.0. The first kappa shape index (κ1) is 13.6. The summed E-state index contributed by atoms with van der Waals surface area (Å²) >= 11 is 0. The van der Waals surface area contributed by atoms with E-state index in [1.54, 1.807) is 24.8 Å². The van der Waals surface area contributed by atoms with Crippen molar-refractivity contribution < 1.29 is 27.3 Å². The number of nitrogens with two attached hydrogens (primary N) is 1. The topological polar surface area (TPSA) is 80.2 Å². The molecule has 6 nitrogen and oxygen atoms in total. The van der Waals surface area contributed by atoms with Crippen LogP contribution in [0.2, 0.25) is 0 Å². The molecule has 1 aliphatic heterocycles. The highest BCUT2D eigenvalue weighted by molar-refractivity contribution is 5.95. The summed E-state index contributed by atoms with van der Waals surface area (Å²) < 4.78 is 4.98. The van der Waals surface area contributed by atoms with Crippen molar-refractivity contribution >= 4 is 11.7 Å². The molecular formula is C10H13ClN4O2. The largest absolute Gasteiger partial charge is 1.00 e. The van der Waals surface area contributed by atoms with Crippen molar-refractivity contribution in [1.82, 2.24) is 10.4 Å². The number of carbonyl (C=O) groups excluding carboxylic acids is 1. The monoisotopic (exact) mass is 256 g/mol. The third kappa shape index (κ3) is 3.23. The van der Waals surface area contributed by atoms with E-state index in [2.05, 4.69) is 15.5 Å². The van der Waals surface area contributed by atoms with Crippen LogP contribution in [0.15, 0.2) is 29.6 Å². The molecule has 0 aromatic carbocycles. The van der Waals surface area contributed by atoms with Crippen molar-refractivity contribution in [2.24, 2.45) is 5.10 Å². The van der Waals surface area contributed by atoms with Gasteiger partial charge in [0.15, 0.2) is 6.04 Å². The third-order valence-corrected chi connectivity index (χ3v) is 2.30. The van der Waals surface area contributed by atoms with E-state index in [1.807, 2.05) is 12.1 Å². The zero-order valence-corrected chi connectivity index (χ0v) is 10.0. The van der Waals surface area contributed by atoms with Gasteiger partial charge >= 0.3 is 5.91 Å². The SMILES string of the molecule is COCC1[NH2+]C(c2ccncc2)=NNC1=O.[Cl-]. The van der Waals surface area contributed by atoms with Gasteiger partial charge in [0.25, 0.3) is 0 Å². The summed E-state index contributed by atoms with van der Waals surface area (Å²) in [7, 11) is 1.57. The lowest BCUT2D eigenvalue weighted by Crippen LogP contribution is -3.00. The molecule has 1 aromatic rings. The summed E-state index contributed by atoms with van der Waals surface area (Å²) in [5.41, 5.74) is 3.41. The van der Waals surface area contributed by atoms with Crippen molar-refractivity contribution in [3.05, 3.63) is 30.1 Å². The predicted octanol–water partition coefficient (Wildman–Crippen LogP) is -4.54. The maximum atomic E-state index is 11.4. The molecule has 0 bridgehead atoms. The fourth-order valence-corrected chi connectivity index (χ4v) is 1.49. The average molecular weight is 257 g/mol. The van der Waals surface area contributed by atoms with E-state index in [0.29, 0.717) is 6.61 Å². The lowest BCUT2D eigenvalue weighted by atomic mass is 10.2. The Bertz CT molecular complexity index is 410. The molecule has 2 rings (SSSR count). The van der Waals surface area contributed by atoms with Gasteiger partial charge in [-0.3, -0.25) is 15.1 Å². The molecule has 1 aliphatic rings. The molecule has 1 unspecified atom stereocenters. The molecule has 0 fully saturated rings. The molecule has 3 N–H and O–H groups in total. The Labute approximate surface area is 105 Å². The molecule has 1 amide bonds. The van der Waals surface area contributed by atoms with Crippen LogP contribution in [0.25, 0.3) is 0 Å². The highest BCUT2D eigenvalue weighted by Crippen LogP contribution is 1.96. The van der Waals surface area contributed by atoms with E-state index in [0.717, 1.165) is 11.4 Å². The number of nitrogens with zero attached hydrogens (tertiary/aromatic N) is 2. The Morgan fingerprint density at radius 1 is 1.47 bits per heavy atom. The van der Waals surface area contributed by atoms with Gasteiger partial charge in [-0.15, -0.1) is 5.10 Å². The summed E-state index contributed by atoms with van der Waals surface area (Å²) in [6.07, 6.45) is 3.38. The number of hydrazone groups is 1. The van der Waals surface area contributed by atoms with Gasteiger partial charge < -0.3 is 17.1 Å². The first-order chi connectivity index (χ1) is 7.81. The molecule has 2 heterocycles. The van der Waals surface area contributed by atoms with Gasteiger partial charge in [-0.05, 0) is 12.1 Å². The smallest absolute Gasteiger partial charge is 0.301 e. The summed E-state index contributed by atoms with van der Waals surface area (Å²) in [4.78, 5) is 15.3. The average Bonchev–Trinajstić information content (AvgIpc) is 2.33. The lowest BCUT2D eigenvalue weighted by Gasteiger charge is -2.18. The van der Waals surface area contributed by atoms with Crippen LogP contribution in [-0.2, 0) is 9.53 Å². The van der Waals surface area contributed by atoms with Crippen LogP contribution in [-0.4, -0.2) is 36.5 Å². The zero-order valence-electron chi connectivity index (χ0n) is 9.26. The molecule has 0 radical (unpaired) electrons. The van der Waals surface area contributed by atoms with Crippen molar-refractivity contribution in [2.75, 3.05) is 13.7 Å². The number of quaternary nitrogens is 1. The van der Waals surface area contributed by atoms with Gasteiger partial charge in [0.1, 0.15) is 6.61 Å². The van der Waals surface area contributed by atoms with Crippen molar-refractivity contribution in [3.63, 3.8) is 0 Å². The molecule has 7 heteroatoms. The maximum absolute atomic E-state index is 11.4. The Balaban J connectivity index is 0.00000144. The molecule has 0 saturated carbocycles. The van der Waals surface area contributed by atoms with Crippen LogP contribution in [0.5, 0.6) is 0 Å². The van der Waals surface area contributed by atoms with E-state index in [1.165, 1.54) is 0 Å². The number of nitrogens with one attached hydrogen (secondary N) is 1. The van der Waals surface area contributed by atoms with Gasteiger partial charge in [-0.2, -0.15) is 0 Å². The fraction of sp³-hybridized carbons (Fsp3) is 0.300. The second-order valence-electron chi connectivity index (χ2n) is 3.44. The molecule has 0 saturated heterocycles. The van der Waals surface area contributed by atoms with Crippen LogP contribution in [0.1, 0.15) is 5.56 Å². The Hall–Kier alpha value is -1.50. The number of pyridine rings is 1. The van der Waals surface area contributed by atoms with Gasteiger partial charge in [0.05, 0.1) is 5.56 Å². The van der Waals surface area contributed by atoms with Crippen molar-refractivity contribution in [1.29, 1.82) is 0 Å². The van der Waals surface area contributed by atoms with Crippen LogP contribution >= 0.6 is 0 Å². The second kappa shape index (κ2) is 6.29. The highest BCUT2D eigenvalue weighted by Gasteiger charge is 2.29. The van der Waals surface area contributed by atoms with Crippen molar-refractivity contribution in [2.45, 2.75) is 6.04 Å². The number of hydrogen-bond acceptors (Lipinski definition) is 4. The van der Waals surface area contributed by atoms with E-state index in [4.69, 9.17) is 4.74 Å². The second-order valence-corrected chi connectivity index (χ2v) is 3.44. The molecule has 92 valence electrons. The zero-order chi connectivity index (χ0) is 11.4. The molecule has 1 atom stereocenters. The number of halogens is 1. The minimum atomic E-state index is -0.286. The molecule has 0 aliphatic carbocycles. The van der Waals surface area contributed by atoms with Crippen LogP contribution in [0.3, 0.4) is 0 Å². The van der Waals surface area contributed by atoms with E-state index >= 15 is 0 Å². The molecular weight excluding hydrogens is 244 g/mol. The quantitative estimate of drug-likeness (QED) is 0.572. The van der Waals surface area contributed by atoms with Gasteiger partial charge in [0.2, 0.25) is 5.84 Å². The van der Waals surface area contributed by atoms with E-state index in [9.17, 15) is 4.79 Å². The van der Waals surface area contributed by atoms with Crippen LogP contribution in [0.4, 0.5) is 0 Å². The van der Waals surface area contributed by atoms with Gasteiger partial charge in [0, 0.05) is 19.5 Å². The number of hydrogen-bond donors (Lipinski definition) is 2. The summed E-state index contributed by atoms with van der Waals surface area (Å²) in [6, 6.07) is 3.40. The minimum absolute atomic E-state index is 0. The number of methoxy groups -OCH3 is 1. The highest BCUT2D eigenvalue weighted by atomic mass is 35.5. The Morgan fingerprint density at radius 3 is 2.82 bits per heavy atom. The van der Waals surface area contributed by atoms with E-state index in [-0.39, 0.29) is 24.4 Å². The van der Waals surface area contributed by atoms with E-state index < -0.39 is 0 Å². The maximum Gasteiger partial charge on any atom is 0.301 e. The Morgan fingerprint density at radius 2 is 2.18 bits per heavy atom. The minimum Gasteiger partial charge on any atom is -1.00 e. The predicted molar refractivity (Wildman–Crippen MR) is 56.5 cm³/mol. The lowest BCUT2D eigenvalue weighted by molar-refractivity contribution is -0.571. The number of amidine groups is 1. The molecule has 0 spiro atoms. The van der Waals surface area contributed by atoms with Crippen molar-refractivity contribution in [3.8, 4) is 0 Å². The van der Waals surface area contributed by atoms with Crippen LogP contribution in [0, 0.1) is 0 Å². The first-order valence-corrected chi connectivity index (χ1v) is 4.93. The van der Waals surface area contributed by atoms with Gasteiger partial charge in [-0.25, -0.2) is 5.43 Å².